The van der Waals surface area contributed by atoms with Crippen molar-refractivity contribution in [3.05, 3.63) is 36.5 Å². The van der Waals surface area contributed by atoms with Gasteiger partial charge in [0.05, 0.1) is 0 Å². The van der Waals surface area contributed by atoms with Crippen LogP contribution in [0.1, 0.15) is 194 Å². The zero-order valence-electron chi connectivity index (χ0n) is 30.3. The van der Waals surface area contributed by atoms with Crippen molar-refractivity contribution in [3.8, 4) is 0 Å². The fourth-order valence-corrected chi connectivity index (χ4v) is 5.66. The van der Waals surface area contributed by atoms with Crippen molar-refractivity contribution in [3.63, 3.8) is 0 Å². The first-order valence-electron chi connectivity index (χ1n) is 19.4. The van der Waals surface area contributed by atoms with Gasteiger partial charge in [-0.05, 0) is 104 Å². The van der Waals surface area contributed by atoms with Crippen LogP contribution in [-0.2, 0) is 9.53 Å². The number of hydrogen-bond acceptors (Lipinski definition) is 3. The Bertz CT molecular complexity index is 666. The Morgan fingerprint density at radius 2 is 0.932 bits per heavy atom. The summed E-state index contributed by atoms with van der Waals surface area (Å²) >= 11 is 0. The molecule has 0 aliphatic carbocycles. The normalized spacial score (nSPS) is 12.8. The second-order valence-corrected chi connectivity index (χ2v) is 13.4. The summed E-state index contributed by atoms with van der Waals surface area (Å²) in [4.78, 5) is 14.6. The zero-order chi connectivity index (χ0) is 32.2. The van der Waals surface area contributed by atoms with Crippen LogP contribution in [0.15, 0.2) is 36.5 Å². The highest BCUT2D eigenvalue weighted by molar-refractivity contribution is 5.69. The average Bonchev–Trinajstić information content (AvgIpc) is 3.00. The molecule has 0 amide bonds. The van der Waals surface area contributed by atoms with Gasteiger partial charge in [-0.25, -0.2) is 0 Å². The van der Waals surface area contributed by atoms with Gasteiger partial charge in [0.15, 0.2) is 0 Å². The SMILES string of the molecule is CCCC/C=C\C/C=C\CCCCCCCCC(CCCCCCCC/C=C\CCCCCCC)OC(=O)CCCN(C)C. The van der Waals surface area contributed by atoms with Crippen molar-refractivity contribution < 1.29 is 9.53 Å². The van der Waals surface area contributed by atoms with Crippen molar-refractivity contribution in [2.45, 2.75) is 200 Å². The van der Waals surface area contributed by atoms with E-state index in [9.17, 15) is 4.79 Å². The Morgan fingerprint density at radius 3 is 1.41 bits per heavy atom. The molecule has 1 atom stereocenters. The summed E-state index contributed by atoms with van der Waals surface area (Å²) in [5.74, 6) is 0.00960. The van der Waals surface area contributed by atoms with Gasteiger partial charge in [0.2, 0.25) is 0 Å². The van der Waals surface area contributed by atoms with E-state index in [1.54, 1.807) is 0 Å². The lowest BCUT2D eigenvalue weighted by molar-refractivity contribution is -0.150. The van der Waals surface area contributed by atoms with Gasteiger partial charge in [0, 0.05) is 6.42 Å². The number of allylic oxidation sites excluding steroid dienone is 6. The minimum Gasteiger partial charge on any atom is -0.462 e. The molecule has 0 saturated carbocycles. The summed E-state index contributed by atoms with van der Waals surface area (Å²) in [6.45, 7) is 5.47. The first-order valence-corrected chi connectivity index (χ1v) is 19.4. The van der Waals surface area contributed by atoms with Gasteiger partial charge in [-0.2, -0.15) is 0 Å². The smallest absolute Gasteiger partial charge is 0.306 e. The van der Waals surface area contributed by atoms with Gasteiger partial charge >= 0.3 is 5.97 Å². The van der Waals surface area contributed by atoms with E-state index in [1.807, 2.05) is 0 Å². The van der Waals surface area contributed by atoms with Crippen LogP contribution in [0.2, 0.25) is 0 Å². The van der Waals surface area contributed by atoms with Crippen molar-refractivity contribution in [1.29, 1.82) is 0 Å². The maximum absolute atomic E-state index is 12.5. The summed E-state index contributed by atoms with van der Waals surface area (Å²) in [7, 11) is 4.12. The van der Waals surface area contributed by atoms with Crippen LogP contribution in [0.25, 0.3) is 0 Å². The summed E-state index contributed by atoms with van der Waals surface area (Å²) in [5, 5.41) is 0. The molecule has 0 fully saturated rings. The molecular formula is C41H77NO2. The molecule has 0 aliphatic rings. The van der Waals surface area contributed by atoms with E-state index in [0.29, 0.717) is 6.42 Å². The standard InChI is InChI=1S/C41H77NO2/c1-5-7-9-11-13-15-17-19-21-23-25-27-29-31-33-36-40(44-41(43)38-35-39-42(3)4)37-34-32-30-28-26-24-22-20-18-16-14-12-10-8-6-2/h11,13,17-20,40H,5-10,12,14-16,21-39H2,1-4H3/b13-11-,19-17-,20-18-. The minimum absolute atomic E-state index is 0.00960. The lowest BCUT2D eigenvalue weighted by Crippen LogP contribution is -2.20. The highest BCUT2D eigenvalue weighted by atomic mass is 16.5. The predicted molar refractivity (Wildman–Crippen MR) is 196 cm³/mol. The number of rotatable bonds is 34. The molecule has 0 aliphatic heterocycles. The van der Waals surface area contributed by atoms with Crippen LogP contribution in [0.3, 0.4) is 0 Å². The van der Waals surface area contributed by atoms with Crippen molar-refractivity contribution >= 4 is 5.97 Å². The molecule has 0 radical (unpaired) electrons. The second kappa shape index (κ2) is 36.1. The largest absolute Gasteiger partial charge is 0.462 e. The van der Waals surface area contributed by atoms with E-state index < -0.39 is 0 Å². The van der Waals surface area contributed by atoms with Gasteiger partial charge in [-0.3, -0.25) is 4.79 Å². The van der Waals surface area contributed by atoms with Crippen LogP contribution >= 0.6 is 0 Å². The number of carbonyl (C=O) groups is 1. The Kier molecular flexibility index (Phi) is 35.0. The van der Waals surface area contributed by atoms with Gasteiger partial charge in [-0.15, -0.1) is 0 Å². The lowest BCUT2D eigenvalue weighted by Gasteiger charge is -2.18. The zero-order valence-corrected chi connectivity index (χ0v) is 30.3. The number of carbonyl (C=O) groups excluding carboxylic acids is 1. The molecule has 1 unspecified atom stereocenters. The van der Waals surface area contributed by atoms with Gasteiger partial charge in [0.25, 0.3) is 0 Å². The molecule has 3 nitrogen and oxygen atoms in total. The summed E-state index contributed by atoms with van der Waals surface area (Å²) in [6.07, 6.45) is 48.8. The fraction of sp³-hybridized carbons (Fsp3) is 0.829. The Morgan fingerprint density at radius 1 is 0.523 bits per heavy atom. The predicted octanol–water partition coefficient (Wildman–Crippen LogP) is 13.1. The molecule has 0 spiro atoms. The highest BCUT2D eigenvalue weighted by Crippen LogP contribution is 2.18. The molecule has 0 aromatic carbocycles. The second-order valence-electron chi connectivity index (χ2n) is 13.4. The van der Waals surface area contributed by atoms with E-state index in [-0.39, 0.29) is 12.1 Å². The quantitative estimate of drug-likeness (QED) is 0.0410. The van der Waals surface area contributed by atoms with Crippen LogP contribution in [0.4, 0.5) is 0 Å². The van der Waals surface area contributed by atoms with E-state index in [1.165, 1.54) is 148 Å². The third-order valence-corrected chi connectivity index (χ3v) is 8.55. The van der Waals surface area contributed by atoms with E-state index in [2.05, 4.69) is 69.3 Å². The van der Waals surface area contributed by atoms with Crippen molar-refractivity contribution in [1.82, 2.24) is 4.90 Å². The third kappa shape index (κ3) is 35.1. The molecule has 44 heavy (non-hydrogen) atoms. The molecule has 0 saturated heterocycles. The Balaban J connectivity index is 4.00. The molecule has 0 aromatic rings. The molecule has 0 heterocycles. The number of nitrogens with zero attached hydrogens (tertiary/aromatic N) is 1. The highest BCUT2D eigenvalue weighted by Gasteiger charge is 2.14. The average molecular weight is 616 g/mol. The molecule has 0 N–H and O–H groups in total. The van der Waals surface area contributed by atoms with Gasteiger partial charge in [0.1, 0.15) is 6.10 Å². The van der Waals surface area contributed by atoms with Gasteiger partial charge < -0.3 is 9.64 Å². The van der Waals surface area contributed by atoms with Gasteiger partial charge in [-0.1, -0.05) is 140 Å². The Labute approximate surface area is 276 Å². The van der Waals surface area contributed by atoms with Crippen LogP contribution < -0.4 is 0 Å². The fourth-order valence-electron chi connectivity index (χ4n) is 5.66. The molecular weight excluding hydrogens is 538 g/mol. The lowest BCUT2D eigenvalue weighted by atomic mass is 10.0. The maximum atomic E-state index is 12.5. The van der Waals surface area contributed by atoms with E-state index in [0.717, 1.165) is 32.2 Å². The number of unbranched alkanes of at least 4 members (excludes halogenated alkanes) is 19. The van der Waals surface area contributed by atoms with Crippen LogP contribution in [0, 0.1) is 0 Å². The number of hydrogen-bond donors (Lipinski definition) is 0. The maximum Gasteiger partial charge on any atom is 0.306 e. The third-order valence-electron chi connectivity index (χ3n) is 8.55. The van der Waals surface area contributed by atoms with Crippen molar-refractivity contribution in [2.24, 2.45) is 0 Å². The van der Waals surface area contributed by atoms with E-state index in [4.69, 9.17) is 4.74 Å². The first-order chi connectivity index (χ1) is 21.6. The topological polar surface area (TPSA) is 29.5 Å². The van der Waals surface area contributed by atoms with E-state index >= 15 is 0 Å². The molecule has 258 valence electrons. The van der Waals surface area contributed by atoms with Crippen LogP contribution in [-0.4, -0.2) is 37.6 Å². The monoisotopic (exact) mass is 616 g/mol. The Hall–Kier alpha value is -1.35. The van der Waals surface area contributed by atoms with Crippen LogP contribution in [0.5, 0.6) is 0 Å². The summed E-state index contributed by atoms with van der Waals surface area (Å²) in [6, 6.07) is 0. The first kappa shape index (κ1) is 42.6. The molecule has 0 bridgehead atoms. The molecule has 3 heteroatoms. The van der Waals surface area contributed by atoms with Crippen molar-refractivity contribution in [2.75, 3.05) is 20.6 Å². The minimum atomic E-state index is 0.00960. The molecule has 0 aromatic heterocycles. The number of esters is 1. The number of ether oxygens (including phenoxy) is 1. The molecule has 0 rings (SSSR count). The summed E-state index contributed by atoms with van der Waals surface area (Å²) in [5.41, 5.74) is 0. The summed E-state index contributed by atoms with van der Waals surface area (Å²) < 4.78 is 5.99.